The van der Waals surface area contributed by atoms with Crippen LogP contribution < -0.4 is 14.9 Å². The maximum absolute atomic E-state index is 13.2. The van der Waals surface area contributed by atoms with Crippen molar-refractivity contribution in [3.63, 3.8) is 0 Å². The molecule has 2 amide bonds. The van der Waals surface area contributed by atoms with Gasteiger partial charge in [0.1, 0.15) is 6.04 Å². The molecular formula is C24H33N3O4S. The second-order valence-electron chi connectivity index (χ2n) is 8.39. The molecule has 8 heteroatoms. The summed E-state index contributed by atoms with van der Waals surface area (Å²) < 4.78 is 26.5. The number of hydrogen-bond donors (Lipinski definition) is 2. The van der Waals surface area contributed by atoms with Crippen molar-refractivity contribution in [2.45, 2.75) is 47.1 Å². The Morgan fingerprint density at radius 3 is 2.25 bits per heavy atom. The molecule has 0 aliphatic heterocycles. The van der Waals surface area contributed by atoms with Crippen LogP contribution >= 0.6 is 0 Å². The summed E-state index contributed by atoms with van der Waals surface area (Å²) in [5, 5.41) is 5.62. The topological polar surface area (TPSA) is 95.6 Å². The Kier molecular flexibility index (Phi) is 8.44. The van der Waals surface area contributed by atoms with Crippen LogP contribution in [0, 0.1) is 19.8 Å². The number of para-hydroxylation sites is 1. The number of nitrogens with zero attached hydrogens (tertiary/aromatic N) is 1. The summed E-state index contributed by atoms with van der Waals surface area (Å²) in [4.78, 5) is 25.9. The van der Waals surface area contributed by atoms with Crippen LogP contribution in [0.1, 0.15) is 48.7 Å². The highest BCUT2D eigenvalue weighted by molar-refractivity contribution is 7.92. The van der Waals surface area contributed by atoms with Gasteiger partial charge >= 0.3 is 0 Å². The van der Waals surface area contributed by atoms with Crippen LogP contribution in [0.4, 0.5) is 11.4 Å². The van der Waals surface area contributed by atoms with Crippen molar-refractivity contribution in [1.82, 2.24) is 5.32 Å². The molecule has 0 spiro atoms. The van der Waals surface area contributed by atoms with Crippen LogP contribution in [0.2, 0.25) is 0 Å². The fourth-order valence-corrected chi connectivity index (χ4v) is 4.52. The number of aryl methyl sites for hydroxylation is 2. The molecule has 2 rings (SSSR count). The van der Waals surface area contributed by atoms with Gasteiger partial charge in [-0.15, -0.1) is 0 Å². The van der Waals surface area contributed by atoms with E-state index in [-0.39, 0.29) is 18.2 Å². The summed E-state index contributed by atoms with van der Waals surface area (Å²) in [5.74, 6) is -0.511. The highest BCUT2D eigenvalue weighted by atomic mass is 32.2. The van der Waals surface area contributed by atoms with E-state index in [1.54, 1.807) is 43.3 Å². The van der Waals surface area contributed by atoms with E-state index >= 15 is 0 Å². The third-order valence-electron chi connectivity index (χ3n) is 5.18. The first-order valence-corrected chi connectivity index (χ1v) is 12.5. The lowest BCUT2D eigenvalue weighted by Crippen LogP contribution is -2.47. The molecular weight excluding hydrogens is 426 g/mol. The van der Waals surface area contributed by atoms with E-state index in [4.69, 9.17) is 0 Å². The second-order valence-corrected chi connectivity index (χ2v) is 10.2. The first kappa shape index (κ1) is 25.4. The average molecular weight is 460 g/mol. The van der Waals surface area contributed by atoms with Gasteiger partial charge in [0.15, 0.2) is 0 Å². The maximum Gasteiger partial charge on any atom is 0.253 e. The van der Waals surface area contributed by atoms with Gasteiger partial charge in [0.05, 0.1) is 23.2 Å². The van der Waals surface area contributed by atoms with Crippen LogP contribution in [0.25, 0.3) is 0 Å². The van der Waals surface area contributed by atoms with Gasteiger partial charge < -0.3 is 10.6 Å². The van der Waals surface area contributed by atoms with Crippen LogP contribution in [0.5, 0.6) is 0 Å². The first-order valence-electron chi connectivity index (χ1n) is 10.7. The van der Waals surface area contributed by atoms with Crippen LogP contribution in [0.15, 0.2) is 42.5 Å². The van der Waals surface area contributed by atoms with E-state index in [0.717, 1.165) is 21.7 Å². The summed E-state index contributed by atoms with van der Waals surface area (Å²) in [5.41, 5.74) is 3.05. The van der Waals surface area contributed by atoms with Gasteiger partial charge in [0.25, 0.3) is 5.91 Å². The molecule has 0 aliphatic rings. The van der Waals surface area contributed by atoms with Crippen molar-refractivity contribution in [3.8, 4) is 0 Å². The van der Waals surface area contributed by atoms with Crippen molar-refractivity contribution in [3.05, 3.63) is 59.2 Å². The van der Waals surface area contributed by atoms with Gasteiger partial charge in [-0.1, -0.05) is 39.0 Å². The van der Waals surface area contributed by atoms with Crippen molar-refractivity contribution < 1.29 is 18.0 Å². The predicted octanol–water partition coefficient (Wildman–Crippen LogP) is 3.87. The van der Waals surface area contributed by atoms with E-state index in [1.807, 2.05) is 33.8 Å². The Morgan fingerprint density at radius 1 is 1.03 bits per heavy atom. The molecule has 0 heterocycles. The molecule has 0 bridgehead atoms. The summed E-state index contributed by atoms with van der Waals surface area (Å²) >= 11 is 0. The molecule has 2 aromatic rings. The first-order chi connectivity index (χ1) is 15.0. The summed E-state index contributed by atoms with van der Waals surface area (Å²) in [6, 6.07) is 11.0. The summed E-state index contributed by atoms with van der Waals surface area (Å²) in [6.45, 7) is 10.1. The van der Waals surface area contributed by atoms with Gasteiger partial charge in [0, 0.05) is 6.54 Å². The van der Waals surface area contributed by atoms with Gasteiger partial charge in [-0.05, 0) is 61.6 Å². The van der Waals surface area contributed by atoms with Gasteiger partial charge in [-0.2, -0.15) is 0 Å². The van der Waals surface area contributed by atoms with E-state index in [1.165, 1.54) is 0 Å². The van der Waals surface area contributed by atoms with Gasteiger partial charge in [-0.25, -0.2) is 8.42 Å². The Labute approximate surface area is 191 Å². The quantitative estimate of drug-likeness (QED) is 0.595. The van der Waals surface area contributed by atoms with Crippen LogP contribution in [-0.4, -0.2) is 39.1 Å². The number of nitrogens with one attached hydrogen (secondary N) is 2. The number of carbonyl (C=O) groups is 2. The number of anilines is 2. The summed E-state index contributed by atoms with van der Waals surface area (Å²) in [7, 11) is -3.75. The molecule has 2 N–H and O–H groups in total. The highest BCUT2D eigenvalue weighted by Crippen LogP contribution is 2.26. The number of rotatable bonds is 9. The second kappa shape index (κ2) is 10.6. The lowest BCUT2D eigenvalue weighted by molar-refractivity contribution is -0.117. The molecule has 2 aromatic carbocycles. The zero-order chi connectivity index (χ0) is 24.1. The summed E-state index contributed by atoms with van der Waals surface area (Å²) in [6.07, 6.45) is 1.35. The number of benzene rings is 2. The minimum atomic E-state index is -3.75. The van der Waals surface area contributed by atoms with Crippen molar-refractivity contribution in [2.75, 3.05) is 22.4 Å². The Bertz CT molecular complexity index is 1080. The third kappa shape index (κ3) is 6.32. The zero-order valence-corrected chi connectivity index (χ0v) is 20.4. The largest absolute Gasteiger partial charge is 0.352 e. The molecule has 0 saturated heterocycles. The van der Waals surface area contributed by atoms with E-state index in [2.05, 4.69) is 10.6 Å². The fraction of sp³-hybridized carbons (Fsp3) is 0.417. The van der Waals surface area contributed by atoms with E-state index in [9.17, 15) is 18.0 Å². The minimum Gasteiger partial charge on any atom is -0.352 e. The predicted molar refractivity (Wildman–Crippen MR) is 130 cm³/mol. The maximum atomic E-state index is 13.2. The molecule has 0 fully saturated rings. The average Bonchev–Trinajstić information content (AvgIpc) is 2.71. The molecule has 1 atom stereocenters. The molecule has 0 aliphatic carbocycles. The third-order valence-corrected chi connectivity index (χ3v) is 6.36. The molecule has 7 nitrogen and oxygen atoms in total. The van der Waals surface area contributed by atoms with Crippen LogP contribution in [-0.2, 0) is 14.8 Å². The molecule has 1 unspecified atom stereocenters. The lowest BCUT2D eigenvalue weighted by atomic mass is 10.1. The standard InChI is InChI=1S/C24H33N3O4S/c1-7-22(27(32(6,30)31)19-13-12-17(4)18(5)14-19)24(29)26-21-11-9-8-10-20(21)23(28)25-15-16(2)3/h8-14,16,22H,7,15H2,1-6H3,(H,25,28)(H,26,29). The zero-order valence-electron chi connectivity index (χ0n) is 19.6. The Morgan fingerprint density at radius 2 is 1.69 bits per heavy atom. The monoisotopic (exact) mass is 459 g/mol. The smallest absolute Gasteiger partial charge is 0.253 e. The minimum absolute atomic E-state index is 0.257. The number of carbonyl (C=O) groups excluding carboxylic acids is 2. The fourth-order valence-electron chi connectivity index (χ4n) is 3.32. The Balaban J connectivity index is 2.38. The normalized spacial score (nSPS) is 12.3. The van der Waals surface area contributed by atoms with E-state index in [0.29, 0.717) is 23.5 Å². The van der Waals surface area contributed by atoms with Gasteiger partial charge in [0.2, 0.25) is 15.9 Å². The molecule has 0 saturated carbocycles. The number of sulfonamides is 1. The highest BCUT2D eigenvalue weighted by Gasteiger charge is 2.32. The molecule has 174 valence electrons. The lowest BCUT2D eigenvalue weighted by Gasteiger charge is -2.30. The van der Waals surface area contributed by atoms with E-state index < -0.39 is 22.0 Å². The molecule has 0 aromatic heterocycles. The van der Waals surface area contributed by atoms with Crippen molar-refractivity contribution >= 4 is 33.2 Å². The molecule has 0 radical (unpaired) electrons. The number of amides is 2. The number of hydrogen-bond acceptors (Lipinski definition) is 4. The van der Waals surface area contributed by atoms with Gasteiger partial charge in [-0.3, -0.25) is 13.9 Å². The Hall–Kier alpha value is -2.87. The van der Waals surface area contributed by atoms with Crippen molar-refractivity contribution in [1.29, 1.82) is 0 Å². The van der Waals surface area contributed by atoms with Crippen LogP contribution in [0.3, 0.4) is 0 Å². The molecule has 32 heavy (non-hydrogen) atoms. The van der Waals surface area contributed by atoms with Crippen molar-refractivity contribution in [2.24, 2.45) is 5.92 Å². The SMILES string of the molecule is CCC(C(=O)Nc1ccccc1C(=O)NCC(C)C)N(c1ccc(C)c(C)c1)S(C)(=O)=O.